The molecular formula is C17H16N6O. The molecule has 1 N–H and O–H groups in total. The number of hydrogen-bond donors (Lipinski definition) is 1. The van der Waals surface area contributed by atoms with Gasteiger partial charge in [-0.3, -0.25) is 0 Å². The molecule has 0 saturated heterocycles. The van der Waals surface area contributed by atoms with Crippen LogP contribution in [-0.4, -0.2) is 31.9 Å². The molecule has 1 aromatic carbocycles. The van der Waals surface area contributed by atoms with E-state index in [-0.39, 0.29) is 0 Å². The van der Waals surface area contributed by atoms with E-state index in [4.69, 9.17) is 9.61 Å². The monoisotopic (exact) mass is 320 g/mol. The molecule has 3 heterocycles. The van der Waals surface area contributed by atoms with Gasteiger partial charge in [0.1, 0.15) is 11.5 Å². The molecular weight excluding hydrogens is 304 g/mol. The summed E-state index contributed by atoms with van der Waals surface area (Å²) in [6, 6.07) is 12.0. The zero-order chi connectivity index (χ0) is 16.5. The van der Waals surface area contributed by atoms with E-state index in [0.29, 0.717) is 12.2 Å². The lowest BCUT2D eigenvalue weighted by Crippen LogP contribution is -2.04. The number of imidazole rings is 1. The van der Waals surface area contributed by atoms with Gasteiger partial charge < -0.3 is 9.88 Å². The molecule has 0 aliphatic rings. The lowest BCUT2D eigenvalue weighted by Gasteiger charge is -2.08. The van der Waals surface area contributed by atoms with Crippen molar-refractivity contribution >= 4 is 16.9 Å². The summed E-state index contributed by atoms with van der Waals surface area (Å²) in [7, 11) is 1.85. The van der Waals surface area contributed by atoms with Crippen molar-refractivity contribution in [2.24, 2.45) is 0 Å². The van der Waals surface area contributed by atoms with Gasteiger partial charge in [-0.05, 0) is 35.8 Å². The minimum absolute atomic E-state index is 0.638. The largest absolute Gasteiger partial charge is 0.373 e. The van der Waals surface area contributed by atoms with Crippen molar-refractivity contribution in [2.75, 3.05) is 12.4 Å². The minimum Gasteiger partial charge on any atom is -0.373 e. The van der Waals surface area contributed by atoms with Gasteiger partial charge >= 0.3 is 0 Å². The summed E-state index contributed by atoms with van der Waals surface area (Å²) in [4.78, 5) is 9.09. The molecule has 4 rings (SSSR count). The van der Waals surface area contributed by atoms with Gasteiger partial charge in [0.05, 0.1) is 17.6 Å². The first kappa shape index (κ1) is 14.4. The van der Waals surface area contributed by atoms with Gasteiger partial charge in [0.2, 0.25) is 0 Å². The Balaban J connectivity index is 1.84. The van der Waals surface area contributed by atoms with Crippen LogP contribution in [0, 0.1) is 6.92 Å². The number of aromatic nitrogens is 5. The highest BCUT2D eigenvalue weighted by Gasteiger charge is 2.18. The highest BCUT2D eigenvalue weighted by atomic mass is 16.6. The third-order valence-corrected chi connectivity index (χ3v) is 3.94. The van der Waals surface area contributed by atoms with Crippen LogP contribution in [0.5, 0.6) is 0 Å². The molecule has 0 bridgehead atoms. The number of hydrogen-bond acceptors (Lipinski definition) is 6. The molecule has 7 nitrogen and oxygen atoms in total. The van der Waals surface area contributed by atoms with Crippen molar-refractivity contribution in [3.8, 4) is 11.5 Å². The quantitative estimate of drug-likeness (QED) is 0.622. The maximum absolute atomic E-state index is 4.86. The average molecular weight is 320 g/mol. The molecule has 3 aromatic heterocycles. The van der Waals surface area contributed by atoms with Gasteiger partial charge in [0, 0.05) is 13.2 Å². The Morgan fingerprint density at radius 3 is 2.71 bits per heavy atom. The number of rotatable bonds is 4. The van der Waals surface area contributed by atoms with Crippen LogP contribution in [0.3, 0.4) is 0 Å². The van der Waals surface area contributed by atoms with Gasteiger partial charge in [-0.25, -0.2) is 14.6 Å². The number of anilines is 1. The first-order valence-electron chi connectivity index (χ1n) is 7.64. The van der Waals surface area contributed by atoms with Gasteiger partial charge in [-0.2, -0.15) is 0 Å². The highest BCUT2D eigenvalue weighted by molar-refractivity contribution is 5.80. The second-order valence-electron chi connectivity index (χ2n) is 5.51. The molecule has 24 heavy (non-hydrogen) atoms. The Bertz CT molecular complexity index is 986. The second-order valence-corrected chi connectivity index (χ2v) is 5.51. The van der Waals surface area contributed by atoms with E-state index in [1.807, 2.05) is 56.6 Å². The molecule has 0 saturated carbocycles. The Morgan fingerprint density at radius 1 is 1.12 bits per heavy atom. The van der Waals surface area contributed by atoms with Crippen LogP contribution >= 0.6 is 0 Å². The number of aryl methyl sites for hydroxylation is 1. The smallest absolute Gasteiger partial charge is 0.173 e. The molecule has 0 aliphatic heterocycles. The second kappa shape index (κ2) is 5.77. The van der Waals surface area contributed by atoms with E-state index in [0.717, 1.165) is 33.9 Å². The molecule has 0 unspecified atom stereocenters. The lowest BCUT2D eigenvalue weighted by atomic mass is 10.2. The maximum Gasteiger partial charge on any atom is 0.173 e. The molecule has 0 radical (unpaired) electrons. The molecule has 0 amide bonds. The van der Waals surface area contributed by atoms with Crippen LogP contribution in [-0.2, 0) is 6.54 Å². The third kappa shape index (κ3) is 2.40. The van der Waals surface area contributed by atoms with E-state index in [1.165, 1.54) is 0 Å². The summed E-state index contributed by atoms with van der Waals surface area (Å²) < 4.78 is 6.97. The van der Waals surface area contributed by atoms with E-state index in [9.17, 15) is 0 Å². The molecule has 0 fully saturated rings. The lowest BCUT2D eigenvalue weighted by molar-refractivity contribution is 0.305. The van der Waals surface area contributed by atoms with Gasteiger partial charge in [-0.1, -0.05) is 23.4 Å². The standard InChI is InChI=1S/C17H16N6O/c1-11-16(22-24-21-11)17-20-13-5-3-4-6-14(13)23(17)10-12-7-8-15(18-2)19-9-12/h3-9H,10H2,1-2H3,(H,18,19). The van der Waals surface area contributed by atoms with Crippen molar-refractivity contribution < 1.29 is 4.63 Å². The van der Waals surface area contributed by atoms with Crippen LogP contribution in [0.25, 0.3) is 22.6 Å². The van der Waals surface area contributed by atoms with Gasteiger partial charge in [0.25, 0.3) is 0 Å². The number of para-hydroxylation sites is 2. The zero-order valence-corrected chi connectivity index (χ0v) is 13.4. The molecule has 0 atom stereocenters. The van der Waals surface area contributed by atoms with Crippen LogP contribution < -0.4 is 5.32 Å². The fraction of sp³-hybridized carbons (Fsp3) is 0.176. The number of benzene rings is 1. The predicted molar refractivity (Wildman–Crippen MR) is 90.6 cm³/mol. The number of fused-ring (bicyclic) bond motifs is 1. The molecule has 120 valence electrons. The Kier molecular flexibility index (Phi) is 3.45. The number of nitrogens with one attached hydrogen (secondary N) is 1. The van der Waals surface area contributed by atoms with E-state index in [1.54, 1.807) is 0 Å². The number of pyridine rings is 1. The minimum atomic E-state index is 0.638. The van der Waals surface area contributed by atoms with Crippen molar-refractivity contribution in [2.45, 2.75) is 13.5 Å². The molecule has 0 aliphatic carbocycles. The summed E-state index contributed by atoms with van der Waals surface area (Å²) >= 11 is 0. The van der Waals surface area contributed by atoms with Crippen molar-refractivity contribution in [3.05, 3.63) is 53.9 Å². The van der Waals surface area contributed by atoms with Crippen LogP contribution in [0.2, 0.25) is 0 Å². The Labute approximate surface area is 138 Å². The Hall–Kier alpha value is -3.22. The highest BCUT2D eigenvalue weighted by Crippen LogP contribution is 2.26. The van der Waals surface area contributed by atoms with Crippen LogP contribution in [0.4, 0.5) is 5.82 Å². The first-order valence-corrected chi connectivity index (χ1v) is 7.64. The average Bonchev–Trinajstić information content (AvgIpc) is 3.19. The summed E-state index contributed by atoms with van der Waals surface area (Å²) in [6.45, 7) is 2.50. The Morgan fingerprint density at radius 2 is 2.00 bits per heavy atom. The van der Waals surface area contributed by atoms with Crippen molar-refractivity contribution in [1.82, 2.24) is 24.8 Å². The molecule has 0 spiro atoms. The van der Waals surface area contributed by atoms with Crippen molar-refractivity contribution in [3.63, 3.8) is 0 Å². The SMILES string of the molecule is CNc1ccc(Cn2c(-c3nonc3C)nc3ccccc32)cn1. The van der Waals surface area contributed by atoms with E-state index >= 15 is 0 Å². The van der Waals surface area contributed by atoms with Gasteiger partial charge in [-0.15, -0.1) is 0 Å². The van der Waals surface area contributed by atoms with Gasteiger partial charge in [0.15, 0.2) is 11.5 Å². The first-order chi connectivity index (χ1) is 11.8. The molecule has 4 aromatic rings. The molecule has 7 heteroatoms. The summed E-state index contributed by atoms with van der Waals surface area (Å²) in [6.07, 6.45) is 1.86. The summed E-state index contributed by atoms with van der Waals surface area (Å²) in [5, 5.41) is 10.9. The fourth-order valence-corrected chi connectivity index (χ4v) is 2.70. The van der Waals surface area contributed by atoms with Crippen LogP contribution in [0.15, 0.2) is 47.2 Å². The topological polar surface area (TPSA) is 81.7 Å². The maximum atomic E-state index is 4.86. The summed E-state index contributed by atoms with van der Waals surface area (Å²) in [5.74, 6) is 1.58. The fourth-order valence-electron chi connectivity index (χ4n) is 2.70. The van der Waals surface area contributed by atoms with E-state index < -0.39 is 0 Å². The predicted octanol–water partition coefficient (Wildman–Crippen LogP) is 2.88. The van der Waals surface area contributed by atoms with E-state index in [2.05, 4.69) is 25.2 Å². The van der Waals surface area contributed by atoms with Crippen LogP contribution in [0.1, 0.15) is 11.3 Å². The summed E-state index contributed by atoms with van der Waals surface area (Å²) in [5.41, 5.74) is 4.40. The number of nitrogens with zero attached hydrogens (tertiary/aromatic N) is 5. The van der Waals surface area contributed by atoms with Crippen molar-refractivity contribution in [1.29, 1.82) is 0 Å². The third-order valence-electron chi connectivity index (χ3n) is 3.94. The normalized spacial score (nSPS) is 11.1. The zero-order valence-electron chi connectivity index (χ0n) is 13.4.